The molecule has 1 nitrogen and oxygen atoms in total. The van der Waals surface area contributed by atoms with Gasteiger partial charge in [0.25, 0.3) is 0 Å². The van der Waals surface area contributed by atoms with Crippen LogP contribution < -0.4 is 0 Å². The Labute approximate surface area is 98.1 Å². The molecule has 0 saturated carbocycles. The first kappa shape index (κ1) is 11.3. The maximum Gasteiger partial charge on any atom is 0.0480 e. The molecule has 1 aromatic heterocycles. The van der Waals surface area contributed by atoms with Crippen LogP contribution in [0.3, 0.4) is 0 Å². The number of nitrogens with zero attached hydrogens (tertiary/aromatic N) is 1. The predicted molar refractivity (Wildman–Crippen MR) is 70.6 cm³/mol. The molecule has 0 saturated heterocycles. The standard InChI is InChI=1S/C15H21N/c1-12(2)10-13(3)11-16-9-8-14-6-4-5-7-15(14)16/h4-9,12-13H,10-11H2,1-3H3. The molecule has 16 heavy (non-hydrogen) atoms. The number of hydrogen-bond acceptors (Lipinski definition) is 0. The van der Waals surface area contributed by atoms with Crippen molar-refractivity contribution >= 4 is 10.9 Å². The molecule has 0 spiro atoms. The van der Waals surface area contributed by atoms with Crippen molar-refractivity contribution in [3.05, 3.63) is 36.5 Å². The lowest BCUT2D eigenvalue weighted by molar-refractivity contribution is 0.394. The second-order valence-electron chi connectivity index (χ2n) is 5.26. The normalized spacial score (nSPS) is 13.5. The van der Waals surface area contributed by atoms with Gasteiger partial charge in [-0.25, -0.2) is 0 Å². The molecular formula is C15H21N. The molecule has 1 unspecified atom stereocenters. The fraction of sp³-hybridized carbons (Fsp3) is 0.467. The Morgan fingerprint density at radius 3 is 2.56 bits per heavy atom. The lowest BCUT2D eigenvalue weighted by Gasteiger charge is -2.15. The van der Waals surface area contributed by atoms with Crippen molar-refractivity contribution < 1.29 is 0 Å². The summed E-state index contributed by atoms with van der Waals surface area (Å²) in [7, 11) is 0. The number of rotatable bonds is 4. The zero-order valence-corrected chi connectivity index (χ0v) is 10.5. The van der Waals surface area contributed by atoms with Gasteiger partial charge in [0.1, 0.15) is 0 Å². The quantitative estimate of drug-likeness (QED) is 0.715. The molecule has 0 aliphatic rings. The van der Waals surface area contributed by atoms with Crippen LogP contribution in [-0.4, -0.2) is 4.57 Å². The van der Waals surface area contributed by atoms with Crippen LogP contribution in [0.5, 0.6) is 0 Å². The van der Waals surface area contributed by atoms with Gasteiger partial charge in [0, 0.05) is 18.3 Å². The van der Waals surface area contributed by atoms with E-state index in [0.717, 1.165) is 18.4 Å². The van der Waals surface area contributed by atoms with Gasteiger partial charge in [0.15, 0.2) is 0 Å². The van der Waals surface area contributed by atoms with Crippen molar-refractivity contribution in [3.8, 4) is 0 Å². The summed E-state index contributed by atoms with van der Waals surface area (Å²) in [6.07, 6.45) is 3.51. The van der Waals surface area contributed by atoms with Crippen LogP contribution in [0.15, 0.2) is 36.5 Å². The van der Waals surface area contributed by atoms with Crippen LogP contribution in [0.1, 0.15) is 27.2 Å². The Kier molecular flexibility index (Phi) is 3.33. The number of fused-ring (bicyclic) bond motifs is 1. The molecule has 0 aliphatic carbocycles. The zero-order chi connectivity index (χ0) is 11.5. The highest BCUT2D eigenvalue weighted by molar-refractivity contribution is 5.79. The smallest absolute Gasteiger partial charge is 0.0480 e. The average Bonchev–Trinajstić information content (AvgIpc) is 2.61. The van der Waals surface area contributed by atoms with E-state index in [-0.39, 0.29) is 0 Å². The number of aromatic nitrogens is 1. The highest BCUT2D eigenvalue weighted by Crippen LogP contribution is 2.19. The van der Waals surface area contributed by atoms with E-state index < -0.39 is 0 Å². The van der Waals surface area contributed by atoms with Crippen molar-refractivity contribution in [1.82, 2.24) is 4.57 Å². The predicted octanol–water partition coefficient (Wildman–Crippen LogP) is 4.32. The maximum atomic E-state index is 2.38. The van der Waals surface area contributed by atoms with E-state index in [1.54, 1.807) is 0 Å². The van der Waals surface area contributed by atoms with Gasteiger partial charge in [0.2, 0.25) is 0 Å². The van der Waals surface area contributed by atoms with Gasteiger partial charge < -0.3 is 4.57 Å². The van der Waals surface area contributed by atoms with Gasteiger partial charge in [-0.2, -0.15) is 0 Å². The third-order valence-electron chi connectivity index (χ3n) is 3.06. The Hall–Kier alpha value is -1.24. The van der Waals surface area contributed by atoms with E-state index in [4.69, 9.17) is 0 Å². The summed E-state index contributed by atoms with van der Waals surface area (Å²) in [6.45, 7) is 8.06. The van der Waals surface area contributed by atoms with Crippen LogP contribution in [0.4, 0.5) is 0 Å². The molecule has 0 aliphatic heterocycles. The maximum absolute atomic E-state index is 2.38. The minimum atomic E-state index is 0.746. The third-order valence-corrected chi connectivity index (χ3v) is 3.06. The van der Waals surface area contributed by atoms with E-state index in [2.05, 4.69) is 61.9 Å². The van der Waals surface area contributed by atoms with Crippen LogP contribution in [0.25, 0.3) is 10.9 Å². The monoisotopic (exact) mass is 215 g/mol. The van der Waals surface area contributed by atoms with Gasteiger partial charge in [-0.3, -0.25) is 0 Å². The summed E-state index contributed by atoms with van der Waals surface area (Å²) in [5, 5.41) is 1.35. The number of benzene rings is 1. The Morgan fingerprint density at radius 1 is 1.06 bits per heavy atom. The molecule has 0 bridgehead atoms. The van der Waals surface area contributed by atoms with Crippen molar-refractivity contribution in [3.63, 3.8) is 0 Å². The van der Waals surface area contributed by atoms with Gasteiger partial charge >= 0.3 is 0 Å². The highest BCUT2D eigenvalue weighted by atomic mass is 15.0. The Balaban J connectivity index is 2.15. The van der Waals surface area contributed by atoms with Crippen molar-refractivity contribution in [1.29, 1.82) is 0 Å². The van der Waals surface area contributed by atoms with Crippen LogP contribution >= 0.6 is 0 Å². The molecule has 86 valence electrons. The fourth-order valence-electron chi connectivity index (χ4n) is 2.51. The topological polar surface area (TPSA) is 4.93 Å². The molecule has 0 radical (unpaired) electrons. The molecule has 1 atom stereocenters. The Morgan fingerprint density at radius 2 is 1.81 bits per heavy atom. The van der Waals surface area contributed by atoms with E-state index >= 15 is 0 Å². The van der Waals surface area contributed by atoms with E-state index in [1.807, 2.05) is 0 Å². The molecule has 2 aromatic rings. The molecule has 2 rings (SSSR count). The molecule has 0 N–H and O–H groups in total. The summed E-state index contributed by atoms with van der Waals surface area (Å²) in [5.74, 6) is 1.53. The highest BCUT2D eigenvalue weighted by Gasteiger charge is 2.07. The number of para-hydroxylation sites is 1. The molecule has 0 amide bonds. The van der Waals surface area contributed by atoms with Crippen LogP contribution in [-0.2, 0) is 6.54 Å². The second-order valence-corrected chi connectivity index (χ2v) is 5.26. The molecule has 1 aromatic carbocycles. The van der Waals surface area contributed by atoms with Crippen molar-refractivity contribution in [2.75, 3.05) is 0 Å². The largest absolute Gasteiger partial charge is 0.347 e. The SMILES string of the molecule is CC(C)CC(C)Cn1ccc2ccccc21. The lowest BCUT2D eigenvalue weighted by atomic mass is 9.99. The van der Waals surface area contributed by atoms with E-state index in [9.17, 15) is 0 Å². The van der Waals surface area contributed by atoms with Crippen molar-refractivity contribution in [2.24, 2.45) is 11.8 Å². The second kappa shape index (κ2) is 4.73. The molecular weight excluding hydrogens is 194 g/mol. The third kappa shape index (κ3) is 2.46. The summed E-state index contributed by atoms with van der Waals surface area (Å²) >= 11 is 0. The first-order valence-corrected chi connectivity index (χ1v) is 6.20. The first-order valence-electron chi connectivity index (χ1n) is 6.20. The Bertz CT molecular complexity index is 453. The van der Waals surface area contributed by atoms with E-state index in [0.29, 0.717) is 0 Å². The summed E-state index contributed by atoms with van der Waals surface area (Å²) in [6, 6.07) is 10.8. The van der Waals surface area contributed by atoms with Gasteiger partial charge in [-0.05, 0) is 35.8 Å². The summed E-state index contributed by atoms with van der Waals surface area (Å²) in [5.41, 5.74) is 1.36. The lowest BCUT2D eigenvalue weighted by Crippen LogP contribution is -2.08. The minimum Gasteiger partial charge on any atom is -0.347 e. The van der Waals surface area contributed by atoms with Crippen LogP contribution in [0.2, 0.25) is 0 Å². The minimum absolute atomic E-state index is 0.746. The summed E-state index contributed by atoms with van der Waals surface area (Å²) < 4.78 is 2.38. The van der Waals surface area contributed by atoms with Crippen LogP contribution in [0, 0.1) is 11.8 Å². The zero-order valence-electron chi connectivity index (χ0n) is 10.5. The molecule has 1 heteroatoms. The van der Waals surface area contributed by atoms with Gasteiger partial charge in [-0.1, -0.05) is 39.0 Å². The molecule has 1 heterocycles. The van der Waals surface area contributed by atoms with Gasteiger partial charge in [0.05, 0.1) is 0 Å². The first-order chi connectivity index (χ1) is 7.66. The van der Waals surface area contributed by atoms with Crippen molar-refractivity contribution in [2.45, 2.75) is 33.7 Å². The number of hydrogen-bond donors (Lipinski definition) is 0. The van der Waals surface area contributed by atoms with E-state index in [1.165, 1.54) is 17.3 Å². The van der Waals surface area contributed by atoms with Gasteiger partial charge in [-0.15, -0.1) is 0 Å². The molecule has 0 fully saturated rings. The average molecular weight is 215 g/mol. The fourth-order valence-corrected chi connectivity index (χ4v) is 2.51. The summed E-state index contributed by atoms with van der Waals surface area (Å²) in [4.78, 5) is 0.